The zero-order valence-electron chi connectivity index (χ0n) is 12.7. The van der Waals surface area contributed by atoms with Gasteiger partial charge in [0, 0.05) is 12.1 Å². The summed E-state index contributed by atoms with van der Waals surface area (Å²) in [7, 11) is 0. The monoisotopic (exact) mass is 271 g/mol. The Morgan fingerprint density at radius 2 is 1.95 bits per heavy atom. The van der Waals surface area contributed by atoms with Gasteiger partial charge in [-0.1, -0.05) is 62.4 Å². The zero-order chi connectivity index (χ0) is 14.8. The molecule has 0 spiro atoms. The molecule has 0 aliphatic heterocycles. The summed E-state index contributed by atoms with van der Waals surface area (Å²) in [4.78, 5) is 11.7. The Morgan fingerprint density at radius 1 is 1.25 bits per heavy atom. The molecule has 0 saturated heterocycles. The van der Waals surface area contributed by atoms with Crippen LogP contribution in [0.5, 0.6) is 0 Å². The molecule has 0 aliphatic carbocycles. The van der Waals surface area contributed by atoms with Gasteiger partial charge in [-0.25, -0.2) is 0 Å². The van der Waals surface area contributed by atoms with Crippen molar-refractivity contribution in [3.63, 3.8) is 0 Å². The molecule has 0 aromatic heterocycles. The minimum Gasteiger partial charge on any atom is -0.352 e. The highest BCUT2D eigenvalue weighted by Crippen LogP contribution is 2.03. The molecule has 1 rings (SSSR count). The maximum atomic E-state index is 11.7. The number of nitrogens with one attached hydrogen (secondary N) is 1. The van der Waals surface area contributed by atoms with Gasteiger partial charge in [0.05, 0.1) is 0 Å². The summed E-state index contributed by atoms with van der Waals surface area (Å²) >= 11 is 0. The quantitative estimate of drug-likeness (QED) is 0.591. The lowest BCUT2D eigenvalue weighted by Gasteiger charge is -2.06. The molecule has 1 aromatic rings. The van der Waals surface area contributed by atoms with E-state index in [0.29, 0.717) is 5.92 Å². The lowest BCUT2D eigenvalue weighted by molar-refractivity contribution is -0.117. The molecule has 0 aliphatic rings. The molecule has 2 heteroatoms. The maximum absolute atomic E-state index is 11.7. The van der Waals surface area contributed by atoms with Crippen LogP contribution in [0.2, 0.25) is 0 Å². The number of hydrogen-bond acceptors (Lipinski definition) is 1. The molecule has 2 nitrogen and oxygen atoms in total. The fourth-order valence-corrected chi connectivity index (χ4v) is 1.72. The normalized spacial score (nSPS) is 12.1. The van der Waals surface area contributed by atoms with Crippen molar-refractivity contribution >= 4 is 5.91 Å². The van der Waals surface area contributed by atoms with Gasteiger partial charge in [-0.15, -0.1) is 0 Å². The minimum absolute atomic E-state index is 0.0198. The first-order chi connectivity index (χ1) is 9.59. The van der Waals surface area contributed by atoms with Crippen LogP contribution in [0.25, 0.3) is 0 Å². The Labute approximate surface area is 122 Å². The van der Waals surface area contributed by atoms with Crippen LogP contribution in [0.15, 0.2) is 54.1 Å². The predicted octanol–water partition coefficient (Wildman–Crippen LogP) is 3.89. The smallest absolute Gasteiger partial charge is 0.246 e. The third-order valence-electron chi connectivity index (χ3n) is 2.95. The molecule has 1 N–H and O–H groups in total. The highest BCUT2D eigenvalue weighted by Gasteiger charge is 2.02. The number of amides is 1. The summed E-state index contributed by atoms with van der Waals surface area (Å²) < 4.78 is 0. The topological polar surface area (TPSA) is 29.1 Å². The fraction of sp³-hybridized carbons (Fsp3) is 0.389. The molecule has 20 heavy (non-hydrogen) atoms. The van der Waals surface area contributed by atoms with E-state index in [0.717, 1.165) is 25.0 Å². The van der Waals surface area contributed by atoms with E-state index >= 15 is 0 Å². The van der Waals surface area contributed by atoms with Crippen molar-refractivity contribution in [3.05, 3.63) is 59.7 Å². The lowest BCUT2D eigenvalue weighted by Crippen LogP contribution is -2.27. The van der Waals surface area contributed by atoms with Gasteiger partial charge < -0.3 is 5.32 Å². The van der Waals surface area contributed by atoms with Crippen LogP contribution in [0.1, 0.15) is 32.8 Å². The SMILES string of the molecule is C/C(=C\C=CCCc1ccccc1)C(=O)NCC(C)C. The number of allylic oxidation sites excluding steroid dienone is 3. The van der Waals surface area contributed by atoms with E-state index in [9.17, 15) is 4.79 Å². The van der Waals surface area contributed by atoms with E-state index in [2.05, 4.69) is 49.5 Å². The van der Waals surface area contributed by atoms with E-state index in [1.807, 2.05) is 25.1 Å². The van der Waals surface area contributed by atoms with Crippen molar-refractivity contribution in [2.24, 2.45) is 5.92 Å². The van der Waals surface area contributed by atoms with Crippen molar-refractivity contribution in [1.82, 2.24) is 5.32 Å². The third-order valence-corrected chi connectivity index (χ3v) is 2.95. The van der Waals surface area contributed by atoms with E-state index < -0.39 is 0 Å². The van der Waals surface area contributed by atoms with Crippen LogP contribution in [-0.4, -0.2) is 12.5 Å². The van der Waals surface area contributed by atoms with Gasteiger partial charge >= 0.3 is 0 Å². The molecule has 0 unspecified atom stereocenters. The van der Waals surface area contributed by atoms with Gasteiger partial charge in [-0.2, -0.15) is 0 Å². The van der Waals surface area contributed by atoms with Crippen LogP contribution in [0, 0.1) is 5.92 Å². The second-order valence-electron chi connectivity index (χ2n) is 5.41. The van der Waals surface area contributed by atoms with E-state index in [1.54, 1.807) is 0 Å². The fourth-order valence-electron chi connectivity index (χ4n) is 1.72. The van der Waals surface area contributed by atoms with Crippen LogP contribution < -0.4 is 5.32 Å². The summed E-state index contributed by atoms with van der Waals surface area (Å²) in [6.45, 7) is 6.74. The van der Waals surface area contributed by atoms with Crippen LogP contribution >= 0.6 is 0 Å². The maximum Gasteiger partial charge on any atom is 0.246 e. The molecule has 0 heterocycles. The van der Waals surface area contributed by atoms with Crippen molar-refractivity contribution in [3.8, 4) is 0 Å². The van der Waals surface area contributed by atoms with Gasteiger partial charge in [0.2, 0.25) is 5.91 Å². The second-order valence-corrected chi connectivity index (χ2v) is 5.41. The highest BCUT2D eigenvalue weighted by molar-refractivity contribution is 5.93. The van der Waals surface area contributed by atoms with Gasteiger partial charge in [0.15, 0.2) is 0 Å². The van der Waals surface area contributed by atoms with Crippen molar-refractivity contribution in [2.45, 2.75) is 33.6 Å². The Balaban J connectivity index is 2.31. The first-order valence-corrected chi connectivity index (χ1v) is 7.25. The highest BCUT2D eigenvalue weighted by atomic mass is 16.1. The molecular weight excluding hydrogens is 246 g/mol. The third kappa shape index (κ3) is 6.93. The van der Waals surface area contributed by atoms with Gasteiger partial charge in [-0.3, -0.25) is 4.79 Å². The number of rotatable bonds is 7. The van der Waals surface area contributed by atoms with Gasteiger partial charge in [0.1, 0.15) is 0 Å². The molecule has 0 saturated carbocycles. The lowest BCUT2D eigenvalue weighted by atomic mass is 10.1. The van der Waals surface area contributed by atoms with Crippen LogP contribution in [0.4, 0.5) is 0 Å². The minimum atomic E-state index is 0.0198. The zero-order valence-corrected chi connectivity index (χ0v) is 12.7. The largest absolute Gasteiger partial charge is 0.352 e. The predicted molar refractivity (Wildman–Crippen MR) is 85.5 cm³/mol. The second kappa shape index (κ2) is 9.13. The summed E-state index contributed by atoms with van der Waals surface area (Å²) in [5.74, 6) is 0.500. The van der Waals surface area contributed by atoms with Crippen molar-refractivity contribution in [1.29, 1.82) is 0 Å². The molecule has 0 fully saturated rings. The average molecular weight is 271 g/mol. The number of carbonyl (C=O) groups is 1. The summed E-state index contributed by atoms with van der Waals surface area (Å²) in [5, 5.41) is 2.91. The first kappa shape index (κ1) is 16.2. The Hall–Kier alpha value is -1.83. The number of carbonyl (C=O) groups excluding carboxylic acids is 1. The summed E-state index contributed by atoms with van der Waals surface area (Å²) in [6, 6.07) is 10.4. The molecule has 1 amide bonds. The molecule has 108 valence electrons. The van der Waals surface area contributed by atoms with Gasteiger partial charge in [0.25, 0.3) is 0 Å². The Kier molecular flexibility index (Phi) is 7.41. The van der Waals surface area contributed by atoms with Gasteiger partial charge in [-0.05, 0) is 31.2 Å². The molecule has 0 atom stereocenters. The molecule has 0 bridgehead atoms. The number of benzene rings is 1. The van der Waals surface area contributed by atoms with Crippen LogP contribution in [0.3, 0.4) is 0 Å². The first-order valence-electron chi connectivity index (χ1n) is 7.25. The van der Waals surface area contributed by atoms with E-state index in [1.165, 1.54) is 5.56 Å². The summed E-state index contributed by atoms with van der Waals surface area (Å²) in [6.07, 6.45) is 7.96. The van der Waals surface area contributed by atoms with E-state index in [-0.39, 0.29) is 5.91 Å². The Morgan fingerprint density at radius 3 is 2.60 bits per heavy atom. The van der Waals surface area contributed by atoms with Crippen molar-refractivity contribution in [2.75, 3.05) is 6.54 Å². The molecule has 1 aromatic carbocycles. The number of aryl methyl sites for hydroxylation is 1. The molecule has 0 radical (unpaired) electrons. The standard InChI is InChI=1S/C18H25NO/c1-15(2)14-19-18(20)16(3)10-6-4-7-11-17-12-8-5-9-13-17/h4-6,8-10,12-13,15H,7,11,14H2,1-3H3,(H,19,20)/b6-4?,16-10+. The summed E-state index contributed by atoms with van der Waals surface area (Å²) in [5.41, 5.74) is 2.09. The molecular formula is C18H25NO. The average Bonchev–Trinajstić information content (AvgIpc) is 2.45. The van der Waals surface area contributed by atoms with Crippen molar-refractivity contribution < 1.29 is 4.79 Å². The number of hydrogen-bond donors (Lipinski definition) is 1. The Bertz CT molecular complexity index is 458. The van der Waals surface area contributed by atoms with Crippen LogP contribution in [-0.2, 0) is 11.2 Å². The van der Waals surface area contributed by atoms with E-state index in [4.69, 9.17) is 0 Å².